The van der Waals surface area contributed by atoms with Crippen molar-refractivity contribution >= 4 is 22.9 Å². The summed E-state index contributed by atoms with van der Waals surface area (Å²) in [5.41, 5.74) is 0.284. The summed E-state index contributed by atoms with van der Waals surface area (Å²) >= 11 is 7.59. The first-order valence-corrected chi connectivity index (χ1v) is 8.01. The Kier molecular flexibility index (Phi) is 4.35. The summed E-state index contributed by atoms with van der Waals surface area (Å²) in [5.74, 6) is 0.547. The minimum absolute atomic E-state index is 0.154. The van der Waals surface area contributed by atoms with E-state index in [-0.39, 0.29) is 5.60 Å². The molecule has 2 rings (SSSR count). The maximum atomic E-state index is 6.11. The first-order valence-electron chi connectivity index (χ1n) is 6.66. The van der Waals surface area contributed by atoms with Crippen molar-refractivity contribution in [3.8, 4) is 0 Å². The minimum atomic E-state index is -0.154. The molecule has 1 aliphatic rings. The number of hydrogen-bond acceptors (Lipinski definition) is 3. The molecule has 0 saturated heterocycles. The highest BCUT2D eigenvalue weighted by Crippen LogP contribution is 2.48. The number of aromatic nitrogens is 1. The molecule has 102 valence electrons. The van der Waals surface area contributed by atoms with Gasteiger partial charge >= 0.3 is 0 Å². The van der Waals surface area contributed by atoms with Crippen LogP contribution in [0.15, 0.2) is 6.20 Å². The van der Waals surface area contributed by atoms with Gasteiger partial charge in [-0.2, -0.15) is 0 Å². The van der Waals surface area contributed by atoms with Crippen LogP contribution in [0.5, 0.6) is 0 Å². The van der Waals surface area contributed by atoms with E-state index < -0.39 is 0 Å². The van der Waals surface area contributed by atoms with Crippen molar-refractivity contribution in [3.63, 3.8) is 0 Å². The number of halogens is 1. The van der Waals surface area contributed by atoms with E-state index in [1.165, 1.54) is 12.8 Å². The van der Waals surface area contributed by atoms with E-state index in [2.05, 4.69) is 25.8 Å². The van der Waals surface area contributed by atoms with Crippen molar-refractivity contribution in [1.82, 2.24) is 4.98 Å². The lowest BCUT2D eigenvalue weighted by Crippen LogP contribution is -2.37. The van der Waals surface area contributed by atoms with Crippen LogP contribution >= 0.6 is 22.9 Å². The molecule has 1 aliphatic carbocycles. The van der Waals surface area contributed by atoms with Crippen LogP contribution < -0.4 is 0 Å². The Balaban J connectivity index is 2.22. The Bertz CT molecular complexity index is 392. The smallest absolute Gasteiger partial charge is 0.125 e. The van der Waals surface area contributed by atoms with Gasteiger partial charge in [-0.15, -0.1) is 22.9 Å². The quantitative estimate of drug-likeness (QED) is 0.748. The SMILES string of the molecule is CCOC1(c2ncc(CCl)s2)CCC(C)(C)CC1. The van der Waals surface area contributed by atoms with Gasteiger partial charge in [0.15, 0.2) is 0 Å². The van der Waals surface area contributed by atoms with Crippen molar-refractivity contribution in [3.05, 3.63) is 16.1 Å². The van der Waals surface area contributed by atoms with Gasteiger partial charge in [0.2, 0.25) is 0 Å². The molecule has 0 unspecified atom stereocenters. The van der Waals surface area contributed by atoms with E-state index in [4.69, 9.17) is 16.3 Å². The molecular weight excluding hydrogens is 266 g/mol. The Morgan fingerprint density at radius 1 is 1.33 bits per heavy atom. The van der Waals surface area contributed by atoms with Gasteiger partial charge in [0, 0.05) is 17.7 Å². The first-order chi connectivity index (χ1) is 8.51. The van der Waals surface area contributed by atoms with Crippen LogP contribution in [-0.4, -0.2) is 11.6 Å². The lowest BCUT2D eigenvalue weighted by Gasteiger charge is -2.42. The Morgan fingerprint density at radius 3 is 2.50 bits per heavy atom. The van der Waals surface area contributed by atoms with E-state index in [0.29, 0.717) is 11.3 Å². The van der Waals surface area contributed by atoms with Crippen molar-refractivity contribution < 1.29 is 4.74 Å². The van der Waals surface area contributed by atoms with Gasteiger partial charge < -0.3 is 4.74 Å². The third-order valence-corrected chi connectivity index (χ3v) is 5.54. The lowest BCUT2D eigenvalue weighted by molar-refractivity contribution is -0.0890. The number of rotatable bonds is 4. The zero-order chi connectivity index (χ0) is 13.2. The number of nitrogens with zero attached hydrogens (tertiary/aromatic N) is 1. The third kappa shape index (κ3) is 2.89. The predicted octanol–water partition coefficient (Wildman–Crippen LogP) is 4.71. The van der Waals surface area contributed by atoms with Crippen LogP contribution in [-0.2, 0) is 16.2 Å². The summed E-state index contributed by atoms with van der Waals surface area (Å²) < 4.78 is 6.11. The first kappa shape index (κ1) is 14.3. The predicted molar refractivity (Wildman–Crippen MR) is 77.2 cm³/mol. The van der Waals surface area contributed by atoms with E-state index in [1.54, 1.807) is 11.3 Å². The molecular formula is C14H22ClNOS. The van der Waals surface area contributed by atoms with Crippen molar-refractivity contribution in [2.24, 2.45) is 5.41 Å². The summed E-state index contributed by atoms with van der Waals surface area (Å²) in [5, 5.41) is 1.12. The Labute approximate surface area is 119 Å². The zero-order valence-corrected chi connectivity index (χ0v) is 13.0. The average Bonchev–Trinajstić information content (AvgIpc) is 2.82. The van der Waals surface area contributed by atoms with Crippen molar-refractivity contribution in [1.29, 1.82) is 0 Å². The van der Waals surface area contributed by atoms with E-state index in [9.17, 15) is 0 Å². The zero-order valence-electron chi connectivity index (χ0n) is 11.5. The maximum absolute atomic E-state index is 6.11. The second kappa shape index (κ2) is 5.48. The van der Waals surface area contributed by atoms with Crippen LogP contribution in [0.1, 0.15) is 56.3 Å². The highest BCUT2D eigenvalue weighted by molar-refractivity contribution is 7.11. The number of ether oxygens (including phenoxy) is 1. The van der Waals surface area contributed by atoms with Gasteiger partial charge in [0.25, 0.3) is 0 Å². The second-order valence-electron chi connectivity index (χ2n) is 5.86. The number of thiazole rings is 1. The molecule has 0 aromatic carbocycles. The molecule has 0 N–H and O–H groups in total. The molecule has 2 nitrogen and oxygen atoms in total. The summed E-state index contributed by atoms with van der Waals surface area (Å²) in [7, 11) is 0. The molecule has 1 saturated carbocycles. The topological polar surface area (TPSA) is 22.1 Å². The minimum Gasteiger partial charge on any atom is -0.368 e. The van der Waals surface area contributed by atoms with Gasteiger partial charge in [0.1, 0.15) is 10.6 Å². The van der Waals surface area contributed by atoms with Crippen LogP contribution in [0, 0.1) is 5.41 Å². The number of alkyl halides is 1. The van der Waals surface area contributed by atoms with Crippen molar-refractivity contribution in [2.75, 3.05) is 6.61 Å². The summed E-state index contributed by atoms with van der Waals surface area (Å²) in [6.45, 7) is 7.50. The summed E-state index contributed by atoms with van der Waals surface area (Å²) in [4.78, 5) is 5.69. The van der Waals surface area contributed by atoms with Crippen LogP contribution in [0.25, 0.3) is 0 Å². The van der Waals surface area contributed by atoms with Gasteiger partial charge in [-0.25, -0.2) is 4.98 Å². The fraction of sp³-hybridized carbons (Fsp3) is 0.786. The lowest BCUT2D eigenvalue weighted by atomic mass is 9.71. The van der Waals surface area contributed by atoms with Gasteiger partial charge in [0.05, 0.1) is 5.88 Å². The third-order valence-electron chi connectivity index (χ3n) is 3.91. The average molecular weight is 288 g/mol. The normalized spacial score (nSPS) is 22.0. The van der Waals surface area contributed by atoms with E-state index in [1.807, 2.05) is 6.20 Å². The molecule has 0 spiro atoms. The monoisotopic (exact) mass is 287 g/mol. The molecule has 1 fully saturated rings. The van der Waals surface area contributed by atoms with E-state index in [0.717, 1.165) is 29.3 Å². The fourth-order valence-electron chi connectivity index (χ4n) is 2.61. The van der Waals surface area contributed by atoms with Crippen LogP contribution in [0.3, 0.4) is 0 Å². The number of hydrogen-bond donors (Lipinski definition) is 0. The molecule has 18 heavy (non-hydrogen) atoms. The molecule has 0 amide bonds. The molecule has 1 aromatic heterocycles. The van der Waals surface area contributed by atoms with Crippen molar-refractivity contribution in [2.45, 2.75) is 57.9 Å². The highest BCUT2D eigenvalue weighted by atomic mass is 35.5. The van der Waals surface area contributed by atoms with Crippen LogP contribution in [0.4, 0.5) is 0 Å². The van der Waals surface area contributed by atoms with Gasteiger partial charge in [-0.1, -0.05) is 13.8 Å². The fourth-order valence-corrected chi connectivity index (χ4v) is 3.80. The second-order valence-corrected chi connectivity index (χ2v) is 7.24. The Hall–Kier alpha value is -0.120. The molecule has 1 aromatic rings. The highest BCUT2D eigenvalue weighted by Gasteiger charge is 2.42. The van der Waals surface area contributed by atoms with Gasteiger partial charge in [-0.05, 0) is 38.0 Å². The Morgan fingerprint density at radius 2 is 2.00 bits per heavy atom. The molecule has 0 atom stereocenters. The maximum Gasteiger partial charge on any atom is 0.125 e. The largest absolute Gasteiger partial charge is 0.368 e. The summed E-state index contributed by atoms with van der Waals surface area (Å²) in [6.07, 6.45) is 6.44. The molecule has 0 aliphatic heterocycles. The molecule has 1 heterocycles. The summed E-state index contributed by atoms with van der Waals surface area (Å²) in [6, 6.07) is 0. The van der Waals surface area contributed by atoms with Gasteiger partial charge in [-0.3, -0.25) is 0 Å². The molecule has 0 radical (unpaired) electrons. The van der Waals surface area contributed by atoms with Crippen LogP contribution in [0.2, 0.25) is 0 Å². The molecule has 0 bridgehead atoms. The standard InChI is InChI=1S/C14H22ClNOS/c1-4-17-14(7-5-13(2,3)6-8-14)12-16-10-11(9-15)18-12/h10H,4-9H2,1-3H3. The van der Waals surface area contributed by atoms with E-state index >= 15 is 0 Å². The molecule has 4 heteroatoms.